The Hall–Kier alpha value is -2.69. The highest BCUT2D eigenvalue weighted by atomic mass is 15.2. The predicted octanol–water partition coefficient (Wildman–Crippen LogP) is 3.01. The summed E-state index contributed by atoms with van der Waals surface area (Å²) < 4.78 is 0. The van der Waals surface area contributed by atoms with Crippen molar-refractivity contribution in [1.29, 1.82) is 0 Å². The molecule has 2 aromatic rings. The van der Waals surface area contributed by atoms with Crippen LogP contribution < -0.4 is 20.4 Å². The summed E-state index contributed by atoms with van der Waals surface area (Å²) >= 11 is 0. The average Bonchev–Trinajstić information content (AvgIpc) is 3.20. The van der Waals surface area contributed by atoms with E-state index >= 15 is 0 Å². The fourth-order valence-electron chi connectivity index (χ4n) is 4.27. The van der Waals surface area contributed by atoms with Crippen LogP contribution >= 0.6 is 0 Å². The molecule has 148 valence electrons. The molecule has 2 heterocycles. The zero-order chi connectivity index (χ0) is 19.3. The number of nitrogens with zero attached hydrogens (tertiary/aromatic N) is 3. The Morgan fingerprint density at radius 3 is 2.82 bits per heavy atom. The lowest BCUT2D eigenvalue weighted by molar-refractivity contribution is 0.648. The third kappa shape index (κ3) is 4.24. The molecule has 2 aliphatic rings. The number of benzene rings is 2. The summed E-state index contributed by atoms with van der Waals surface area (Å²) in [6, 6.07) is 17.9. The predicted molar refractivity (Wildman–Crippen MR) is 118 cm³/mol. The van der Waals surface area contributed by atoms with Gasteiger partial charge < -0.3 is 20.4 Å². The molecule has 0 saturated carbocycles. The van der Waals surface area contributed by atoms with Crippen molar-refractivity contribution >= 4 is 17.3 Å². The first-order valence-corrected chi connectivity index (χ1v) is 10.3. The maximum Gasteiger partial charge on any atom is 0.191 e. The molecule has 4 rings (SSSR count). The van der Waals surface area contributed by atoms with Crippen LogP contribution in [0.5, 0.6) is 0 Å². The van der Waals surface area contributed by atoms with Crippen molar-refractivity contribution in [2.75, 3.05) is 43.5 Å². The molecule has 0 bridgehead atoms. The molecule has 1 atom stereocenters. The number of para-hydroxylation sites is 1. The zero-order valence-corrected chi connectivity index (χ0v) is 17.0. The molecule has 1 unspecified atom stereocenters. The zero-order valence-electron chi connectivity index (χ0n) is 17.0. The van der Waals surface area contributed by atoms with E-state index in [1.807, 2.05) is 7.05 Å². The SMILES string of the molecule is CN=C(NCc1ccc2c(c1)CCCN2C)NC1CCN(c2ccccc2)C1. The van der Waals surface area contributed by atoms with Crippen LogP contribution in [0.2, 0.25) is 0 Å². The number of aryl methyl sites for hydroxylation is 1. The number of rotatable bonds is 4. The smallest absolute Gasteiger partial charge is 0.191 e. The van der Waals surface area contributed by atoms with Crippen LogP contribution in [0.25, 0.3) is 0 Å². The van der Waals surface area contributed by atoms with Gasteiger partial charge in [0.1, 0.15) is 0 Å². The topological polar surface area (TPSA) is 42.9 Å². The molecule has 1 saturated heterocycles. The van der Waals surface area contributed by atoms with Gasteiger partial charge >= 0.3 is 0 Å². The van der Waals surface area contributed by atoms with Crippen molar-refractivity contribution in [1.82, 2.24) is 10.6 Å². The summed E-state index contributed by atoms with van der Waals surface area (Å²) in [5.41, 5.74) is 5.46. The van der Waals surface area contributed by atoms with Gasteiger partial charge in [-0.1, -0.05) is 30.3 Å². The number of hydrogen-bond acceptors (Lipinski definition) is 3. The fraction of sp³-hybridized carbons (Fsp3) is 0.435. The normalized spacial score (nSPS) is 19.5. The van der Waals surface area contributed by atoms with E-state index in [-0.39, 0.29) is 0 Å². The second kappa shape index (κ2) is 8.55. The van der Waals surface area contributed by atoms with Crippen molar-refractivity contribution in [3.63, 3.8) is 0 Å². The molecule has 28 heavy (non-hydrogen) atoms. The average molecular weight is 378 g/mol. The van der Waals surface area contributed by atoms with Gasteiger partial charge in [0, 0.05) is 57.7 Å². The molecule has 0 spiro atoms. The summed E-state index contributed by atoms with van der Waals surface area (Å²) in [6.07, 6.45) is 3.54. The third-order valence-corrected chi connectivity index (χ3v) is 5.83. The first kappa shape index (κ1) is 18.7. The Balaban J connectivity index is 1.31. The molecule has 0 amide bonds. The third-order valence-electron chi connectivity index (χ3n) is 5.83. The van der Waals surface area contributed by atoms with E-state index in [9.17, 15) is 0 Å². The standard InChI is InChI=1S/C23H31N5/c1-24-23(26-20-12-14-28(17-20)21-8-4-3-5-9-21)25-16-18-10-11-22-19(15-18)7-6-13-27(22)2/h3-5,8-11,15,20H,6-7,12-14,16-17H2,1-2H3,(H2,24,25,26). The maximum absolute atomic E-state index is 4.43. The Bertz CT molecular complexity index is 817. The molecule has 5 heteroatoms. The van der Waals surface area contributed by atoms with Gasteiger partial charge in [0.05, 0.1) is 0 Å². The highest BCUT2D eigenvalue weighted by Gasteiger charge is 2.23. The van der Waals surface area contributed by atoms with Crippen molar-refractivity contribution in [3.05, 3.63) is 59.7 Å². The van der Waals surface area contributed by atoms with Crippen LogP contribution in [0.15, 0.2) is 53.5 Å². The molecule has 2 N–H and O–H groups in total. The number of hydrogen-bond donors (Lipinski definition) is 2. The molecular formula is C23H31N5. The van der Waals surface area contributed by atoms with Crippen LogP contribution in [0.1, 0.15) is 24.0 Å². The first-order chi connectivity index (χ1) is 13.7. The van der Waals surface area contributed by atoms with Gasteiger partial charge in [-0.2, -0.15) is 0 Å². The largest absolute Gasteiger partial charge is 0.374 e. The Labute approximate surface area is 168 Å². The fourth-order valence-corrected chi connectivity index (χ4v) is 4.27. The highest BCUT2D eigenvalue weighted by Crippen LogP contribution is 2.26. The van der Waals surface area contributed by atoms with E-state index in [1.165, 1.54) is 35.3 Å². The molecule has 2 aliphatic heterocycles. The molecule has 5 nitrogen and oxygen atoms in total. The van der Waals surface area contributed by atoms with Crippen LogP contribution in [0.4, 0.5) is 11.4 Å². The minimum absolute atomic E-state index is 0.420. The van der Waals surface area contributed by atoms with Gasteiger partial charge in [0.15, 0.2) is 5.96 Å². The lowest BCUT2D eigenvalue weighted by Gasteiger charge is -2.28. The van der Waals surface area contributed by atoms with E-state index in [4.69, 9.17) is 0 Å². The van der Waals surface area contributed by atoms with E-state index in [0.717, 1.165) is 38.6 Å². The Morgan fingerprint density at radius 2 is 2.00 bits per heavy atom. The molecule has 0 aromatic heterocycles. The van der Waals surface area contributed by atoms with Crippen molar-refractivity contribution in [2.24, 2.45) is 4.99 Å². The van der Waals surface area contributed by atoms with Crippen molar-refractivity contribution in [3.8, 4) is 0 Å². The molecule has 2 aromatic carbocycles. The number of aliphatic imine (C=N–C) groups is 1. The summed E-state index contributed by atoms with van der Waals surface area (Å²) in [6.45, 7) is 4.04. The van der Waals surface area contributed by atoms with Crippen LogP contribution in [-0.4, -0.2) is 45.7 Å². The van der Waals surface area contributed by atoms with E-state index in [0.29, 0.717) is 6.04 Å². The van der Waals surface area contributed by atoms with Crippen LogP contribution in [-0.2, 0) is 13.0 Å². The lowest BCUT2D eigenvalue weighted by Crippen LogP contribution is -2.44. The van der Waals surface area contributed by atoms with Gasteiger partial charge in [-0.3, -0.25) is 4.99 Å². The van der Waals surface area contributed by atoms with Crippen LogP contribution in [0, 0.1) is 0 Å². The summed E-state index contributed by atoms with van der Waals surface area (Å²) in [5, 5.41) is 7.09. The molecular weight excluding hydrogens is 346 g/mol. The van der Waals surface area contributed by atoms with Gasteiger partial charge in [-0.15, -0.1) is 0 Å². The minimum atomic E-state index is 0.420. The monoisotopic (exact) mass is 377 g/mol. The number of nitrogens with one attached hydrogen (secondary N) is 2. The molecule has 0 aliphatic carbocycles. The number of fused-ring (bicyclic) bond motifs is 1. The van der Waals surface area contributed by atoms with Crippen molar-refractivity contribution in [2.45, 2.75) is 31.8 Å². The number of anilines is 2. The lowest BCUT2D eigenvalue weighted by atomic mass is 9.99. The van der Waals surface area contributed by atoms with Crippen molar-refractivity contribution < 1.29 is 0 Å². The van der Waals surface area contributed by atoms with Gasteiger partial charge in [-0.05, 0) is 48.6 Å². The minimum Gasteiger partial charge on any atom is -0.374 e. The molecule has 0 radical (unpaired) electrons. The summed E-state index contributed by atoms with van der Waals surface area (Å²) in [7, 11) is 4.03. The second-order valence-corrected chi connectivity index (χ2v) is 7.83. The van der Waals surface area contributed by atoms with E-state index in [2.05, 4.69) is 81.0 Å². The first-order valence-electron chi connectivity index (χ1n) is 10.3. The maximum atomic E-state index is 4.43. The Morgan fingerprint density at radius 1 is 1.14 bits per heavy atom. The Kier molecular flexibility index (Phi) is 5.70. The molecule has 1 fully saturated rings. The van der Waals surface area contributed by atoms with Gasteiger partial charge in [-0.25, -0.2) is 0 Å². The van der Waals surface area contributed by atoms with E-state index in [1.54, 1.807) is 0 Å². The highest BCUT2D eigenvalue weighted by molar-refractivity contribution is 5.80. The second-order valence-electron chi connectivity index (χ2n) is 7.83. The quantitative estimate of drug-likeness (QED) is 0.635. The van der Waals surface area contributed by atoms with Crippen LogP contribution in [0.3, 0.4) is 0 Å². The van der Waals surface area contributed by atoms with Gasteiger partial charge in [0.25, 0.3) is 0 Å². The van der Waals surface area contributed by atoms with E-state index < -0.39 is 0 Å². The number of guanidine groups is 1. The summed E-state index contributed by atoms with van der Waals surface area (Å²) in [4.78, 5) is 9.22. The van der Waals surface area contributed by atoms with Gasteiger partial charge in [0.2, 0.25) is 0 Å². The summed E-state index contributed by atoms with van der Waals surface area (Å²) in [5.74, 6) is 0.884.